The Morgan fingerprint density at radius 2 is 1.76 bits per heavy atom. The topological polar surface area (TPSA) is 38.8 Å². The highest BCUT2D eigenvalue weighted by Crippen LogP contribution is 2.24. The van der Waals surface area contributed by atoms with Gasteiger partial charge in [0, 0.05) is 13.6 Å². The molecule has 0 saturated heterocycles. The summed E-state index contributed by atoms with van der Waals surface area (Å²) in [5.41, 5.74) is 4.42. The van der Waals surface area contributed by atoms with Gasteiger partial charge < -0.3 is 14.4 Å². The minimum absolute atomic E-state index is 0.0469. The van der Waals surface area contributed by atoms with E-state index in [0.29, 0.717) is 6.54 Å². The molecule has 2 rings (SSSR count). The molecule has 0 aliphatic heterocycles. The first-order chi connectivity index (χ1) is 11.8. The van der Waals surface area contributed by atoms with E-state index < -0.39 is 6.10 Å². The summed E-state index contributed by atoms with van der Waals surface area (Å²) >= 11 is 0. The van der Waals surface area contributed by atoms with Crippen molar-refractivity contribution in [2.24, 2.45) is 0 Å². The quantitative estimate of drug-likeness (QED) is 0.796. The molecule has 0 aromatic heterocycles. The van der Waals surface area contributed by atoms with Gasteiger partial charge in [0.1, 0.15) is 11.5 Å². The third kappa shape index (κ3) is 4.75. The van der Waals surface area contributed by atoms with Crippen LogP contribution in [0.2, 0.25) is 0 Å². The highest BCUT2D eigenvalue weighted by Gasteiger charge is 2.20. The first-order valence-corrected chi connectivity index (χ1v) is 8.44. The van der Waals surface area contributed by atoms with E-state index in [-0.39, 0.29) is 5.91 Å². The number of carbonyl (C=O) groups excluding carboxylic acids is 1. The molecule has 0 spiro atoms. The van der Waals surface area contributed by atoms with Gasteiger partial charge in [-0.15, -0.1) is 0 Å². The van der Waals surface area contributed by atoms with Crippen molar-refractivity contribution in [3.63, 3.8) is 0 Å². The fourth-order valence-electron chi connectivity index (χ4n) is 2.76. The zero-order chi connectivity index (χ0) is 18.6. The minimum Gasteiger partial charge on any atom is -0.497 e. The Hall–Kier alpha value is -2.49. The summed E-state index contributed by atoms with van der Waals surface area (Å²) in [5, 5.41) is 0. The number of nitrogens with zero attached hydrogens (tertiary/aromatic N) is 1. The minimum atomic E-state index is -0.539. The Bertz CT molecular complexity index is 738. The van der Waals surface area contributed by atoms with E-state index >= 15 is 0 Å². The molecule has 0 unspecified atom stereocenters. The molecule has 1 amide bonds. The lowest BCUT2D eigenvalue weighted by molar-refractivity contribution is -0.137. The summed E-state index contributed by atoms with van der Waals surface area (Å²) in [5.74, 6) is 1.53. The number of aryl methyl sites for hydroxylation is 2. The summed E-state index contributed by atoms with van der Waals surface area (Å²) < 4.78 is 11.1. The maximum absolute atomic E-state index is 12.6. The number of amides is 1. The first kappa shape index (κ1) is 18.8. The van der Waals surface area contributed by atoms with Crippen LogP contribution in [0.5, 0.6) is 11.5 Å². The van der Waals surface area contributed by atoms with Gasteiger partial charge in [0.2, 0.25) is 0 Å². The van der Waals surface area contributed by atoms with Crippen molar-refractivity contribution in [1.29, 1.82) is 0 Å². The lowest BCUT2D eigenvalue weighted by Gasteiger charge is -2.23. The van der Waals surface area contributed by atoms with Gasteiger partial charge in [-0.1, -0.05) is 18.2 Å². The average molecular weight is 341 g/mol. The van der Waals surface area contributed by atoms with E-state index in [4.69, 9.17) is 9.47 Å². The van der Waals surface area contributed by atoms with Crippen molar-refractivity contribution in [2.75, 3.05) is 14.2 Å². The molecule has 134 valence electrons. The zero-order valence-corrected chi connectivity index (χ0v) is 15.9. The van der Waals surface area contributed by atoms with Crippen molar-refractivity contribution in [2.45, 2.75) is 40.3 Å². The number of benzene rings is 2. The Labute approximate surface area is 150 Å². The van der Waals surface area contributed by atoms with Gasteiger partial charge in [-0.25, -0.2) is 0 Å². The van der Waals surface area contributed by atoms with Crippen LogP contribution in [0.25, 0.3) is 0 Å². The smallest absolute Gasteiger partial charge is 0.263 e. The second kappa shape index (κ2) is 8.06. The van der Waals surface area contributed by atoms with E-state index in [1.165, 1.54) is 5.56 Å². The van der Waals surface area contributed by atoms with Crippen LogP contribution < -0.4 is 9.47 Å². The Morgan fingerprint density at radius 1 is 1.12 bits per heavy atom. The number of hydrogen-bond donors (Lipinski definition) is 0. The van der Waals surface area contributed by atoms with E-state index in [0.717, 1.165) is 28.2 Å². The number of hydrogen-bond acceptors (Lipinski definition) is 3. The molecule has 0 bridgehead atoms. The molecule has 0 saturated carbocycles. The predicted molar refractivity (Wildman–Crippen MR) is 100 cm³/mol. The highest BCUT2D eigenvalue weighted by molar-refractivity contribution is 5.80. The summed E-state index contributed by atoms with van der Waals surface area (Å²) in [6, 6.07) is 11.8. The number of likely N-dealkylation sites (N-methyl/N-ethyl adjacent to an activating group) is 1. The van der Waals surface area contributed by atoms with Crippen LogP contribution in [-0.4, -0.2) is 31.1 Å². The molecular formula is C21H27NO3. The van der Waals surface area contributed by atoms with Gasteiger partial charge in [0.15, 0.2) is 6.10 Å². The highest BCUT2D eigenvalue weighted by atomic mass is 16.5. The van der Waals surface area contributed by atoms with Crippen LogP contribution in [-0.2, 0) is 11.3 Å². The molecule has 0 aliphatic rings. The van der Waals surface area contributed by atoms with E-state index in [2.05, 4.69) is 13.0 Å². The molecule has 2 aromatic carbocycles. The van der Waals surface area contributed by atoms with Gasteiger partial charge in [-0.2, -0.15) is 0 Å². The van der Waals surface area contributed by atoms with Crippen molar-refractivity contribution in [1.82, 2.24) is 4.90 Å². The van der Waals surface area contributed by atoms with Crippen molar-refractivity contribution < 1.29 is 14.3 Å². The normalized spacial score (nSPS) is 11.8. The Balaban J connectivity index is 2.03. The molecule has 0 fully saturated rings. The molecule has 0 radical (unpaired) electrons. The van der Waals surface area contributed by atoms with Gasteiger partial charge in [0.25, 0.3) is 5.91 Å². The number of carbonyl (C=O) groups is 1. The lowest BCUT2D eigenvalue weighted by atomic mass is 10.1. The second-order valence-corrected chi connectivity index (χ2v) is 6.51. The molecule has 0 heterocycles. The van der Waals surface area contributed by atoms with Gasteiger partial charge in [-0.3, -0.25) is 4.79 Å². The standard InChI is InChI=1S/C21H27NO3/c1-14-11-15(2)16(3)20(12-14)25-17(4)21(23)22(5)13-18-7-9-19(24-6)10-8-18/h7-12,17H,13H2,1-6H3/t17-/m1/s1. The third-order valence-corrected chi connectivity index (χ3v) is 4.37. The largest absolute Gasteiger partial charge is 0.497 e. The molecule has 0 N–H and O–H groups in total. The van der Waals surface area contributed by atoms with Crippen LogP contribution in [0.1, 0.15) is 29.2 Å². The summed E-state index contributed by atoms with van der Waals surface area (Å²) in [7, 11) is 3.43. The van der Waals surface area contributed by atoms with Crippen molar-refractivity contribution in [3.8, 4) is 11.5 Å². The van der Waals surface area contributed by atoms with E-state index in [9.17, 15) is 4.79 Å². The van der Waals surface area contributed by atoms with Crippen LogP contribution in [0.3, 0.4) is 0 Å². The molecule has 4 heteroatoms. The lowest BCUT2D eigenvalue weighted by Crippen LogP contribution is -2.37. The first-order valence-electron chi connectivity index (χ1n) is 8.44. The van der Waals surface area contributed by atoms with Crippen LogP contribution in [0, 0.1) is 20.8 Å². The molecule has 0 aliphatic carbocycles. The maximum atomic E-state index is 12.6. The summed E-state index contributed by atoms with van der Waals surface area (Å²) in [4.78, 5) is 14.3. The molecule has 1 atom stereocenters. The summed E-state index contributed by atoms with van der Waals surface area (Å²) in [6.45, 7) is 8.42. The fraction of sp³-hybridized carbons (Fsp3) is 0.381. The monoisotopic (exact) mass is 341 g/mol. The van der Waals surface area contributed by atoms with E-state index in [1.807, 2.05) is 44.2 Å². The van der Waals surface area contributed by atoms with Crippen LogP contribution in [0.15, 0.2) is 36.4 Å². The molecule has 25 heavy (non-hydrogen) atoms. The number of rotatable bonds is 6. The predicted octanol–water partition coefficient (Wildman–Crippen LogP) is 4.05. The van der Waals surface area contributed by atoms with Gasteiger partial charge in [-0.05, 0) is 68.1 Å². The fourth-order valence-corrected chi connectivity index (χ4v) is 2.76. The van der Waals surface area contributed by atoms with Gasteiger partial charge >= 0.3 is 0 Å². The van der Waals surface area contributed by atoms with Crippen molar-refractivity contribution >= 4 is 5.91 Å². The molecular weight excluding hydrogens is 314 g/mol. The molecule has 2 aromatic rings. The van der Waals surface area contributed by atoms with Crippen LogP contribution >= 0.6 is 0 Å². The third-order valence-electron chi connectivity index (χ3n) is 4.37. The molecule has 4 nitrogen and oxygen atoms in total. The Kier molecular flexibility index (Phi) is 6.07. The Morgan fingerprint density at radius 3 is 2.36 bits per heavy atom. The number of methoxy groups -OCH3 is 1. The second-order valence-electron chi connectivity index (χ2n) is 6.51. The number of ether oxygens (including phenoxy) is 2. The van der Waals surface area contributed by atoms with Crippen LogP contribution in [0.4, 0.5) is 0 Å². The van der Waals surface area contributed by atoms with Gasteiger partial charge in [0.05, 0.1) is 7.11 Å². The van der Waals surface area contributed by atoms with E-state index in [1.54, 1.807) is 26.0 Å². The zero-order valence-electron chi connectivity index (χ0n) is 15.9. The average Bonchev–Trinajstić information content (AvgIpc) is 2.59. The summed E-state index contributed by atoms with van der Waals surface area (Å²) in [6.07, 6.45) is -0.539. The SMILES string of the molecule is COc1ccc(CN(C)C(=O)[C@@H](C)Oc2cc(C)cc(C)c2C)cc1. The maximum Gasteiger partial charge on any atom is 0.263 e. The van der Waals surface area contributed by atoms with Crippen molar-refractivity contribution in [3.05, 3.63) is 58.7 Å².